The minimum absolute atomic E-state index is 0.0452. The Balaban J connectivity index is 2.03. The van der Waals surface area contributed by atoms with Crippen molar-refractivity contribution in [3.63, 3.8) is 0 Å². The standard InChI is InChI=1S/C23H29ClN2O2S/c1-4-13-25-23(28)18(3)26(14-19-9-11-21(24)12-10-19)22(27)16-29-15-20-7-5-17(2)6-8-20/h5-12,18H,4,13-16H2,1-3H3,(H,25,28)/t18-/m1/s1. The number of amides is 2. The second kappa shape index (κ2) is 11.9. The highest BCUT2D eigenvalue weighted by atomic mass is 35.5. The number of hydrogen-bond acceptors (Lipinski definition) is 3. The SMILES string of the molecule is CCCNC(=O)[C@@H](C)N(Cc1ccc(Cl)cc1)C(=O)CSCc1ccc(C)cc1. The average molecular weight is 433 g/mol. The highest BCUT2D eigenvalue weighted by molar-refractivity contribution is 7.99. The molecular formula is C23H29ClN2O2S. The first-order valence-electron chi connectivity index (χ1n) is 9.85. The first kappa shape index (κ1) is 23.3. The van der Waals surface area contributed by atoms with E-state index in [4.69, 9.17) is 11.6 Å². The Bertz CT molecular complexity index is 794. The van der Waals surface area contributed by atoms with Crippen LogP contribution in [-0.2, 0) is 21.9 Å². The van der Waals surface area contributed by atoms with E-state index in [1.807, 2.05) is 19.1 Å². The van der Waals surface area contributed by atoms with E-state index in [9.17, 15) is 9.59 Å². The Labute approximate surface area is 183 Å². The third-order valence-electron chi connectivity index (χ3n) is 4.60. The minimum atomic E-state index is -0.537. The first-order valence-corrected chi connectivity index (χ1v) is 11.4. The number of nitrogens with zero attached hydrogens (tertiary/aromatic N) is 1. The second-order valence-corrected chi connectivity index (χ2v) is 8.52. The third-order valence-corrected chi connectivity index (χ3v) is 5.84. The van der Waals surface area contributed by atoms with Gasteiger partial charge in [-0.25, -0.2) is 0 Å². The molecule has 156 valence electrons. The molecule has 1 atom stereocenters. The van der Waals surface area contributed by atoms with Crippen LogP contribution in [0.5, 0.6) is 0 Å². The minimum Gasteiger partial charge on any atom is -0.354 e. The zero-order chi connectivity index (χ0) is 21.2. The fraction of sp³-hybridized carbons (Fsp3) is 0.391. The van der Waals surface area contributed by atoms with Crippen molar-refractivity contribution in [2.45, 2.75) is 45.5 Å². The fourth-order valence-corrected chi connectivity index (χ4v) is 3.79. The van der Waals surface area contributed by atoms with Gasteiger partial charge in [-0.1, -0.05) is 60.5 Å². The maximum atomic E-state index is 13.0. The van der Waals surface area contributed by atoms with Gasteiger partial charge in [-0.05, 0) is 43.5 Å². The van der Waals surface area contributed by atoms with Crippen molar-refractivity contribution in [3.8, 4) is 0 Å². The number of halogens is 1. The summed E-state index contributed by atoms with van der Waals surface area (Å²) in [4.78, 5) is 27.1. The van der Waals surface area contributed by atoms with Gasteiger partial charge in [0, 0.05) is 23.9 Å². The third kappa shape index (κ3) is 7.75. The molecule has 2 aromatic rings. The number of carbonyl (C=O) groups excluding carboxylic acids is 2. The normalized spacial score (nSPS) is 11.7. The summed E-state index contributed by atoms with van der Waals surface area (Å²) in [6.45, 7) is 6.82. The van der Waals surface area contributed by atoms with E-state index in [0.29, 0.717) is 23.9 Å². The lowest BCUT2D eigenvalue weighted by Crippen LogP contribution is -2.48. The summed E-state index contributed by atoms with van der Waals surface area (Å²) in [5, 5.41) is 3.54. The lowest BCUT2D eigenvalue weighted by atomic mass is 10.1. The highest BCUT2D eigenvalue weighted by Gasteiger charge is 2.25. The van der Waals surface area contributed by atoms with Gasteiger partial charge in [0.05, 0.1) is 5.75 Å². The van der Waals surface area contributed by atoms with Gasteiger partial charge in [0.1, 0.15) is 6.04 Å². The van der Waals surface area contributed by atoms with Gasteiger partial charge in [0.25, 0.3) is 0 Å². The maximum Gasteiger partial charge on any atom is 0.242 e. The van der Waals surface area contributed by atoms with Crippen molar-refractivity contribution >= 4 is 35.2 Å². The number of aryl methyl sites for hydroxylation is 1. The van der Waals surface area contributed by atoms with Gasteiger partial charge >= 0.3 is 0 Å². The van der Waals surface area contributed by atoms with Crippen molar-refractivity contribution in [2.24, 2.45) is 0 Å². The smallest absolute Gasteiger partial charge is 0.242 e. The van der Waals surface area contributed by atoms with E-state index in [1.165, 1.54) is 11.1 Å². The molecule has 0 saturated heterocycles. The Hall–Kier alpha value is -1.98. The van der Waals surface area contributed by atoms with Crippen LogP contribution in [0.3, 0.4) is 0 Å². The van der Waals surface area contributed by atoms with Crippen LogP contribution in [0.4, 0.5) is 0 Å². The van der Waals surface area contributed by atoms with Crippen LogP contribution < -0.4 is 5.32 Å². The van der Waals surface area contributed by atoms with Gasteiger partial charge in [-0.15, -0.1) is 11.8 Å². The molecule has 0 fully saturated rings. The lowest BCUT2D eigenvalue weighted by Gasteiger charge is -2.28. The summed E-state index contributed by atoms with van der Waals surface area (Å²) >= 11 is 7.53. The van der Waals surface area contributed by atoms with E-state index >= 15 is 0 Å². The van der Waals surface area contributed by atoms with E-state index < -0.39 is 6.04 Å². The van der Waals surface area contributed by atoms with Crippen molar-refractivity contribution in [3.05, 3.63) is 70.2 Å². The average Bonchev–Trinajstić information content (AvgIpc) is 2.72. The summed E-state index contributed by atoms with van der Waals surface area (Å²) in [6.07, 6.45) is 0.857. The quantitative estimate of drug-likeness (QED) is 0.585. The molecule has 2 aromatic carbocycles. The zero-order valence-corrected chi connectivity index (χ0v) is 18.9. The molecule has 0 aliphatic rings. The lowest BCUT2D eigenvalue weighted by molar-refractivity contribution is -0.138. The second-order valence-electron chi connectivity index (χ2n) is 7.09. The fourth-order valence-electron chi connectivity index (χ4n) is 2.79. The molecule has 4 nitrogen and oxygen atoms in total. The van der Waals surface area contributed by atoms with Crippen molar-refractivity contribution < 1.29 is 9.59 Å². The molecule has 29 heavy (non-hydrogen) atoms. The molecule has 0 aliphatic carbocycles. The van der Waals surface area contributed by atoms with Crippen molar-refractivity contribution in [1.29, 1.82) is 0 Å². The van der Waals surface area contributed by atoms with Crippen LogP contribution in [-0.4, -0.2) is 35.1 Å². The largest absolute Gasteiger partial charge is 0.354 e. The molecule has 2 amide bonds. The highest BCUT2D eigenvalue weighted by Crippen LogP contribution is 2.17. The topological polar surface area (TPSA) is 49.4 Å². The number of thioether (sulfide) groups is 1. The summed E-state index contributed by atoms with van der Waals surface area (Å²) in [6, 6.07) is 15.1. The molecule has 0 bridgehead atoms. The van der Waals surface area contributed by atoms with E-state index in [0.717, 1.165) is 17.7 Å². The maximum absolute atomic E-state index is 13.0. The van der Waals surface area contributed by atoms with E-state index in [2.05, 4.69) is 36.5 Å². The molecule has 0 radical (unpaired) electrons. The van der Waals surface area contributed by atoms with Crippen LogP contribution in [0, 0.1) is 6.92 Å². The number of carbonyl (C=O) groups is 2. The Morgan fingerprint density at radius 2 is 1.69 bits per heavy atom. The molecule has 6 heteroatoms. The molecule has 0 heterocycles. The van der Waals surface area contributed by atoms with Crippen LogP contribution in [0.2, 0.25) is 5.02 Å². The molecule has 0 unspecified atom stereocenters. The van der Waals surface area contributed by atoms with Crippen LogP contribution in [0.25, 0.3) is 0 Å². The number of rotatable bonds is 10. The predicted molar refractivity (Wildman–Crippen MR) is 122 cm³/mol. The van der Waals surface area contributed by atoms with Gasteiger partial charge in [-0.3, -0.25) is 9.59 Å². The monoisotopic (exact) mass is 432 g/mol. The van der Waals surface area contributed by atoms with Gasteiger partial charge in [0.2, 0.25) is 11.8 Å². The van der Waals surface area contributed by atoms with Crippen LogP contribution >= 0.6 is 23.4 Å². The molecule has 0 aliphatic heterocycles. The van der Waals surface area contributed by atoms with E-state index in [1.54, 1.807) is 35.7 Å². The first-order chi connectivity index (χ1) is 13.9. The molecular weight excluding hydrogens is 404 g/mol. The van der Waals surface area contributed by atoms with E-state index in [-0.39, 0.29) is 11.8 Å². The summed E-state index contributed by atoms with van der Waals surface area (Å²) < 4.78 is 0. The van der Waals surface area contributed by atoms with Crippen LogP contribution in [0.15, 0.2) is 48.5 Å². The predicted octanol–water partition coefficient (Wildman–Crippen LogP) is 4.83. The molecule has 1 N–H and O–H groups in total. The van der Waals surface area contributed by atoms with Crippen molar-refractivity contribution in [2.75, 3.05) is 12.3 Å². The molecule has 0 saturated carbocycles. The molecule has 0 spiro atoms. The van der Waals surface area contributed by atoms with Gasteiger partial charge in [-0.2, -0.15) is 0 Å². The Kier molecular flexibility index (Phi) is 9.55. The van der Waals surface area contributed by atoms with Gasteiger partial charge < -0.3 is 10.2 Å². The van der Waals surface area contributed by atoms with Crippen molar-refractivity contribution in [1.82, 2.24) is 10.2 Å². The Morgan fingerprint density at radius 1 is 1.07 bits per heavy atom. The summed E-state index contributed by atoms with van der Waals surface area (Å²) in [5.74, 6) is 0.915. The molecule has 0 aromatic heterocycles. The summed E-state index contributed by atoms with van der Waals surface area (Å²) in [5.41, 5.74) is 3.35. The molecule has 2 rings (SSSR count). The number of nitrogens with one attached hydrogen (secondary N) is 1. The number of hydrogen-bond donors (Lipinski definition) is 1. The summed E-state index contributed by atoms with van der Waals surface area (Å²) in [7, 11) is 0. The number of benzene rings is 2. The Morgan fingerprint density at radius 3 is 2.31 bits per heavy atom. The zero-order valence-electron chi connectivity index (χ0n) is 17.3. The van der Waals surface area contributed by atoms with Crippen LogP contribution in [0.1, 0.15) is 37.0 Å². The van der Waals surface area contributed by atoms with Gasteiger partial charge in [0.15, 0.2) is 0 Å².